The summed E-state index contributed by atoms with van der Waals surface area (Å²) in [4.78, 5) is 23.3. The van der Waals surface area contributed by atoms with Crippen molar-refractivity contribution in [3.8, 4) is 5.75 Å². The standard InChI is InChI=1S/C28H24ClN3O2/c1-32(2)19-30-28(33)26(17-20-7-12-23(29)13-8-20)21-10-15-25(16-11-21)34-18-24-14-9-22-5-3-4-6-27(22)31-24/h3-17,19H,18H2,1-2H3/b26-17+,30-19?. The van der Waals surface area contributed by atoms with Gasteiger partial charge in [-0.1, -0.05) is 60.1 Å². The van der Waals surface area contributed by atoms with Crippen LogP contribution in [0.2, 0.25) is 5.02 Å². The maximum absolute atomic E-state index is 12.9. The lowest BCUT2D eigenvalue weighted by Gasteiger charge is -2.09. The van der Waals surface area contributed by atoms with Gasteiger partial charge in [-0.25, -0.2) is 4.98 Å². The first-order valence-electron chi connectivity index (χ1n) is 10.8. The van der Waals surface area contributed by atoms with Crippen LogP contribution in [0.3, 0.4) is 0 Å². The lowest BCUT2D eigenvalue weighted by atomic mass is 10.0. The van der Waals surface area contributed by atoms with Crippen molar-refractivity contribution in [2.24, 2.45) is 4.99 Å². The summed E-state index contributed by atoms with van der Waals surface area (Å²) in [5.41, 5.74) is 3.86. The second kappa shape index (κ2) is 10.8. The predicted octanol–water partition coefficient (Wildman–Crippen LogP) is 6.12. The van der Waals surface area contributed by atoms with Crippen LogP contribution in [0.5, 0.6) is 5.75 Å². The van der Waals surface area contributed by atoms with Gasteiger partial charge >= 0.3 is 0 Å². The Bertz CT molecular complexity index is 1340. The van der Waals surface area contributed by atoms with Crippen LogP contribution in [0, 0.1) is 0 Å². The van der Waals surface area contributed by atoms with Gasteiger partial charge in [0.2, 0.25) is 0 Å². The quantitative estimate of drug-likeness (QED) is 0.141. The van der Waals surface area contributed by atoms with Crippen molar-refractivity contribution in [1.82, 2.24) is 9.88 Å². The third-order valence-corrected chi connectivity index (χ3v) is 5.28. The van der Waals surface area contributed by atoms with E-state index in [-0.39, 0.29) is 5.91 Å². The van der Waals surface area contributed by atoms with Crippen molar-refractivity contribution in [2.45, 2.75) is 6.61 Å². The van der Waals surface area contributed by atoms with Crippen molar-refractivity contribution in [1.29, 1.82) is 0 Å². The number of halogens is 1. The van der Waals surface area contributed by atoms with Crippen molar-refractivity contribution in [3.63, 3.8) is 0 Å². The molecular weight excluding hydrogens is 446 g/mol. The average Bonchev–Trinajstić information content (AvgIpc) is 2.86. The maximum Gasteiger partial charge on any atom is 0.279 e. The number of aromatic nitrogens is 1. The number of aliphatic imine (C=N–C) groups is 1. The van der Waals surface area contributed by atoms with E-state index in [0.717, 1.165) is 27.7 Å². The van der Waals surface area contributed by atoms with E-state index in [4.69, 9.17) is 16.3 Å². The number of para-hydroxylation sites is 1. The molecular formula is C28H24ClN3O2. The van der Waals surface area contributed by atoms with Gasteiger partial charge in [-0.15, -0.1) is 0 Å². The second-order valence-electron chi connectivity index (χ2n) is 7.93. The highest BCUT2D eigenvalue weighted by molar-refractivity contribution is 6.30. The van der Waals surface area contributed by atoms with E-state index in [9.17, 15) is 4.79 Å². The van der Waals surface area contributed by atoms with Crippen LogP contribution in [-0.2, 0) is 11.4 Å². The molecule has 0 spiro atoms. The number of rotatable bonds is 7. The number of hydrogen-bond acceptors (Lipinski definition) is 3. The molecule has 1 aromatic heterocycles. The zero-order chi connectivity index (χ0) is 23.9. The second-order valence-corrected chi connectivity index (χ2v) is 8.37. The molecule has 0 aliphatic carbocycles. The molecule has 0 bridgehead atoms. The van der Waals surface area contributed by atoms with E-state index in [1.165, 1.54) is 6.34 Å². The SMILES string of the molecule is CN(C)C=NC(=O)/C(=C/c1ccc(Cl)cc1)c1ccc(OCc2ccc3ccccc3n2)cc1. The molecule has 0 radical (unpaired) electrons. The number of amides is 1. The van der Waals surface area contributed by atoms with Gasteiger partial charge in [0.15, 0.2) is 0 Å². The van der Waals surface area contributed by atoms with Crippen LogP contribution in [0.25, 0.3) is 22.6 Å². The monoisotopic (exact) mass is 469 g/mol. The minimum atomic E-state index is -0.335. The van der Waals surface area contributed by atoms with E-state index in [1.54, 1.807) is 23.1 Å². The van der Waals surface area contributed by atoms with E-state index >= 15 is 0 Å². The summed E-state index contributed by atoms with van der Waals surface area (Å²) in [6.45, 7) is 0.351. The summed E-state index contributed by atoms with van der Waals surface area (Å²) in [5.74, 6) is 0.353. The number of nitrogens with zero attached hydrogens (tertiary/aromatic N) is 3. The minimum Gasteiger partial charge on any atom is -0.487 e. The number of fused-ring (bicyclic) bond motifs is 1. The molecule has 1 amide bonds. The van der Waals surface area contributed by atoms with Gasteiger partial charge in [-0.05, 0) is 53.6 Å². The molecule has 0 saturated carbocycles. The third kappa shape index (κ3) is 6.09. The first-order valence-corrected chi connectivity index (χ1v) is 11.2. The molecule has 0 saturated heterocycles. The molecule has 3 aromatic carbocycles. The van der Waals surface area contributed by atoms with Gasteiger partial charge in [0, 0.05) is 30.1 Å². The fourth-order valence-corrected chi connectivity index (χ4v) is 3.43. The van der Waals surface area contributed by atoms with Crippen molar-refractivity contribution >= 4 is 46.4 Å². The third-order valence-electron chi connectivity index (χ3n) is 5.03. The number of ether oxygens (including phenoxy) is 1. The molecule has 4 rings (SSSR count). The molecule has 0 aliphatic heterocycles. The Kier molecular flexibility index (Phi) is 7.35. The van der Waals surface area contributed by atoms with Crippen molar-refractivity contribution < 1.29 is 9.53 Å². The Morgan fingerprint density at radius 1 is 0.971 bits per heavy atom. The summed E-state index contributed by atoms with van der Waals surface area (Å²) in [6, 6.07) is 26.7. The number of benzene rings is 3. The highest BCUT2D eigenvalue weighted by Crippen LogP contribution is 2.24. The van der Waals surface area contributed by atoms with E-state index in [1.807, 2.05) is 86.9 Å². The van der Waals surface area contributed by atoms with Crippen molar-refractivity contribution in [3.05, 3.63) is 107 Å². The average molecular weight is 470 g/mol. The van der Waals surface area contributed by atoms with Gasteiger partial charge in [0.05, 0.1) is 17.5 Å². The highest BCUT2D eigenvalue weighted by Gasteiger charge is 2.12. The Morgan fingerprint density at radius 3 is 2.44 bits per heavy atom. The molecule has 0 fully saturated rings. The highest BCUT2D eigenvalue weighted by atomic mass is 35.5. The normalized spacial score (nSPS) is 11.7. The predicted molar refractivity (Wildman–Crippen MR) is 139 cm³/mol. The minimum absolute atomic E-state index is 0.335. The largest absolute Gasteiger partial charge is 0.487 e. The lowest BCUT2D eigenvalue weighted by Crippen LogP contribution is -2.10. The number of carbonyl (C=O) groups excluding carboxylic acids is 1. The Labute approximate surface area is 204 Å². The first kappa shape index (κ1) is 23.2. The van der Waals surface area contributed by atoms with Crippen LogP contribution in [0.15, 0.2) is 89.9 Å². The molecule has 5 nitrogen and oxygen atoms in total. The summed E-state index contributed by atoms with van der Waals surface area (Å²) < 4.78 is 5.93. The van der Waals surface area contributed by atoms with Gasteiger partial charge in [0.1, 0.15) is 12.4 Å². The van der Waals surface area contributed by atoms with Gasteiger partial charge < -0.3 is 9.64 Å². The molecule has 4 aromatic rings. The molecule has 0 N–H and O–H groups in total. The zero-order valence-corrected chi connectivity index (χ0v) is 19.7. The summed E-state index contributed by atoms with van der Waals surface area (Å²) in [6.07, 6.45) is 3.30. The first-order chi connectivity index (χ1) is 16.5. The Balaban J connectivity index is 1.53. The lowest BCUT2D eigenvalue weighted by molar-refractivity contribution is -0.112. The summed E-state index contributed by atoms with van der Waals surface area (Å²) in [5, 5.41) is 1.73. The van der Waals surface area contributed by atoms with Crippen LogP contribution in [-0.4, -0.2) is 36.2 Å². The van der Waals surface area contributed by atoms with Gasteiger partial charge in [0.25, 0.3) is 5.91 Å². The molecule has 0 atom stereocenters. The van der Waals surface area contributed by atoms with Crippen LogP contribution >= 0.6 is 11.6 Å². The van der Waals surface area contributed by atoms with E-state index < -0.39 is 0 Å². The van der Waals surface area contributed by atoms with Crippen LogP contribution < -0.4 is 4.74 Å². The summed E-state index contributed by atoms with van der Waals surface area (Å²) >= 11 is 6.00. The number of pyridine rings is 1. The molecule has 1 heterocycles. The van der Waals surface area contributed by atoms with Gasteiger partial charge in [-0.2, -0.15) is 4.99 Å². The maximum atomic E-state index is 12.9. The van der Waals surface area contributed by atoms with Crippen molar-refractivity contribution in [2.75, 3.05) is 14.1 Å². The topological polar surface area (TPSA) is 54.8 Å². The molecule has 170 valence electrons. The Hall–Kier alpha value is -3.96. The summed E-state index contributed by atoms with van der Waals surface area (Å²) in [7, 11) is 3.63. The zero-order valence-electron chi connectivity index (χ0n) is 19.0. The fourth-order valence-electron chi connectivity index (χ4n) is 3.31. The number of carbonyl (C=O) groups is 1. The number of hydrogen-bond donors (Lipinski definition) is 0. The smallest absolute Gasteiger partial charge is 0.279 e. The van der Waals surface area contributed by atoms with E-state index in [2.05, 4.69) is 9.98 Å². The molecule has 34 heavy (non-hydrogen) atoms. The molecule has 0 aliphatic rings. The van der Waals surface area contributed by atoms with Gasteiger partial charge in [-0.3, -0.25) is 4.79 Å². The van der Waals surface area contributed by atoms with Crippen LogP contribution in [0.4, 0.5) is 0 Å². The Morgan fingerprint density at radius 2 is 1.71 bits per heavy atom. The van der Waals surface area contributed by atoms with E-state index in [0.29, 0.717) is 23.0 Å². The molecule has 0 unspecified atom stereocenters. The fraction of sp³-hybridized carbons (Fsp3) is 0.107. The molecule has 6 heteroatoms. The van der Waals surface area contributed by atoms with Crippen LogP contribution in [0.1, 0.15) is 16.8 Å².